The monoisotopic (exact) mass is 1070 g/mol. The van der Waals surface area contributed by atoms with Crippen LogP contribution < -0.4 is 46.1 Å². The van der Waals surface area contributed by atoms with E-state index in [1.807, 2.05) is 85.2 Å². The average Bonchev–Trinajstić information content (AvgIpc) is 3.79. The van der Waals surface area contributed by atoms with Gasteiger partial charge in [0.2, 0.25) is 5.88 Å². The molecule has 1 N–H and O–H groups in total. The molecule has 2 aromatic heterocycles. The second-order valence-electron chi connectivity index (χ2n) is 20.6. The molecule has 1 aliphatic rings. The van der Waals surface area contributed by atoms with Gasteiger partial charge in [0.25, 0.3) is 0 Å². The Bertz CT molecular complexity index is 4270. The molecule has 0 atom stereocenters. The van der Waals surface area contributed by atoms with Crippen LogP contribution in [-0.2, 0) is 0 Å². The van der Waals surface area contributed by atoms with Gasteiger partial charge in [-0.25, -0.2) is 9.98 Å². The number of pyridine rings is 1. The lowest BCUT2D eigenvalue weighted by Gasteiger charge is -2.44. The van der Waals surface area contributed by atoms with Gasteiger partial charge in [-0.3, -0.25) is 0 Å². The molecule has 0 bridgehead atoms. The number of anilines is 2. The zero-order valence-corrected chi connectivity index (χ0v) is 46.5. The summed E-state index contributed by atoms with van der Waals surface area (Å²) in [6.07, 6.45) is 2.04. The number of aryl methyl sites for hydroxylation is 1. The predicted octanol–water partition coefficient (Wildman–Crippen LogP) is 12.8. The van der Waals surface area contributed by atoms with Gasteiger partial charge in [0.15, 0.2) is 13.8 Å². The van der Waals surface area contributed by atoms with Crippen LogP contribution in [0.5, 0.6) is 11.6 Å². The van der Waals surface area contributed by atoms with E-state index in [9.17, 15) is 4.80 Å². The Hall–Kier alpha value is -9.97. The number of ether oxygens (including phenoxy) is 1. The predicted molar refractivity (Wildman–Crippen MR) is 341 cm³/mol. The molecule has 0 unspecified atom stereocenters. The van der Waals surface area contributed by atoms with Crippen LogP contribution in [-0.4, -0.2) is 37.1 Å². The first-order chi connectivity index (χ1) is 40.0. The summed E-state index contributed by atoms with van der Waals surface area (Å²) in [5.41, 5.74) is 11.1. The van der Waals surface area contributed by atoms with E-state index in [-0.39, 0.29) is 0 Å². The number of hydrogen-bond acceptors (Lipinski definition) is 4. The highest BCUT2D eigenvalue weighted by Crippen LogP contribution is 2.44. The van der Waals surface area contributed by atoms with Crippen LogP contribution in [0.2, 0.25) is 0 Å². The van der Waals surface area contributed by atoms with Crippen LogP contribution in [0, 0.1) is 6.92 Å². The van der Waals surface area contributed by atoms with Crippen molar-refractivity contribution in [1.82, 2.24) is 9.55 Å². The van der Waals surface area contributed by atoms with Crippen molar-refractivity contribution in [2.45, 2.75) is 6.92 Å². The number of para-hydroxylation sites is 4. The average molecular weight is 1080 g/mol. The fraction of sp³-hybridized carbons (Fsp3) is 0.0137. The van der Waals surface area contributed by atoms with Crippen molar-refractivity contribution in [3.63, 3.8) is 0 Å². The first kappa shape index (κ1) is 49.3. The molecule has 0 aliphatic carbocycles. The van der Waals surface area contributed by atoms with Crippen molar-refractivity contribution >= 4 is 98.0 Å². The summed E-state index contributed by atoms with van der Waals surface area (Å²) < 4.78 is 9.86. The Kier molecular flexibility index (Phi) is 12.6. The molecule has 0 amide bonds. The smallest absolute Gasteiger partial charge is 0.304 e. The summed E-state index contributed by atoms with van der Waals surface area (Å²) in [5, 5.41) is 9.43. The Morgan fingerprint density at radius 3 is 1.51 bits per heavy atom. The zero-order valence-electron chi connectivity index (χ0n) is 44.5. The number of hydrogen-bond donors (Lipinski definition) is 1. The second-order valence-corrected chi connectivity index (χ2v) is 27.4. The summed E-state index contributed by atoms with van der Waals surface area (Å²) in [6, 6.07) is 104. The van der Waals surface area contributed by atoms with Crippen molar-refractivity contribution in [1.29, 1.82) is 0 Å². The summed E-state index contributed by atoms with van der Waals surface area (Å²) in [5.74, 6) is 0.947. The lowest BCUT2D eigenvalue weighted by atomic mass is 9.96. The van der Waals surface area contributed by atoms with Crippen LogP contribution in [0.3, 0.4) is 0 Å². The van der Waals surface area contributed by atoms with Crippen LogP contribution in [0.15, 0.2) is 302 Å². The van der Waals surface area contributed by atoms with Crippen LogP contribution >= 0.6 is 0 Å². The molecule has 0 fully saturated rings. The van der Waals surface area contributed by atoms with Crippen LogP contribution in [0.25, 0.3) is 49.7 Å². The van der Waals surface area contributed by atoms with Gasteiger partial charge in [0, 0.05) is 34.0 Å². The Morgan fingerprint density at radius 2 is 0.951 bits per heavy atom. The summed E-state index contributed by atoms with van der Waals surface area (Å²) >= 11 is 0. The van der Waals surface area contributed by atoms with Crippen molar-refractivity contribution in [3.8, 4) is 39.6 Å². The molecule has 0 saturated heterocycles. The lowest BCUT2D eigenvalue weighted by molar-refractivity contribution is 0.462. The van der Waals surface area contributed by atoms with Crippen molar-refractivity contribution in [2.24, 2.45) is 4.99 Å². The zero-order chi connectivity index (χ0) is 54.3. The number of fused-ring (bicyclic) bond motifs is 5. The maximum Gasteiger partial charge on any atom is 0.304 e. The van der Waals surface area contributed by atoms with E-state index in [0.29, 0.717) is 16.9 Å². The van der Waals surface area contributed by atoms with E-state index in [1.165, 1.54) is 20.7 Å². The highest BCUT2D eigenvalue weighted by Gasteiger charge is 2.50. The quantitative estimate of drug-likeness (QED) is 0.0752. The maximum absolute atomic E-state index is 13.3. The Labute approximate surface area is 473 Å². The number of aromatic nitrogens is 2. The minimum absolute atomic E-state index is 0.360. The van der Waals surface area contributed by atoms with E-state index >= 15 is 0 Å². The van der Waals surface area contributed by atoms with E-state index < -0.39 is 16.4 Å². The minimum Gasteiger partial charge on any atom is -0.437 e. The maximum atomic E-state index is 13.3. The lowest BCUT2D eigenvalue weighted by Crippen LogP contribution is -2.77. The molecule has 0 spiro atoms. The molecular weight excluding hydrogens is 1020 g/mol. The molecule has 8 heteroatoms. The van der Waals surface area contributed by atoms with Gasteiger partial charge in [0.1, 0.15) is 6.34 Å². The van der Waals surface area contributed by atoms with Gasteiger partial charge >= 0.3 is 8.32 Å². The van der Waals surface area contributed by atoms with Crippen molar-refractivity contribution < 1.29 is 9.53 Å². The third-order valence-corrected chi connectivity index (χ3v) is 24.2. The second kappa shape index (κ2) is 20.7. The van der Waals surface area contributed by atoms with Gasteiger partial charge in [-0.2, -0.15) is 0 Å². The number of rotatable bonds is 12. The summed E-state index contributed by atoms with van der Waals surface area (Å²) in [4.78, 5) is 26.7. The Morgan fingerprint density at radius 1 is 0.469 bits per heavy atom. The first-order valence-corrected chi connectivity index (χ1v) is 31.4. The SMILES string of the molecule is Cc1cccc2c1N(C=Nc1c(-c3ccccc3)cccc1-c1ccccc1)c1cc(Oc3cccc([Si](O)(c4ccccc4)c4ccccc4)n3)c(-n3c4ccccc4c4ccccc43)cc1[Si]2(c1ccccc1)c1ccccc1. The van der Waals surface area contributed by atoms with Gasteiger partial charge in [0.05, 0.1) is 39.1 Å². The molecule has 13 aromatic rings. The van der Waals surface area contributed by atoms with Gasteiger partial charge in [-0.05, 0) is 79.0 Å². The van der Waals surface area contributed by atoms with Gasteiger partial charge in [-0.15, -0.1) is 0 Å². The number of nitrogens with zero attached hydrogens (tertiary/aromatic N) is 4. The molecule has 0 radical (unpaired) electrons. The molecular formula is C73H54N4O2Si2. The molecule has 11 aromatic carbocycles. The normalized spacial score (nSPS) is 12.8. The minimum atomic E-state index is -3.66. The van der Waals surface area contributed by atoms with Crippen LogP contribution in [0.1, 0.15) is 5.56 Å². The van der Waals surface area contributed by atoms with E-state index in [4.69, 9.17) is 14.7 Å². The van der Waals surface area contributed by atoms with Crippen molar-refractivity contribution in [3.05, 3.63) is 303 Å². The number of benzene rings is 11. The molecule has 0 saturated carbocycles. The topological polar surface area (TPSA) is 62.9 Å². The third-order valence-electron chi connectivity index (χ3n) is 16.1. The van der Waals surface area contributed by atoms with E-state index in [0.717, 1.165) is 82.7 Å². The fourth-order valence-electron chi connectivity index (χ4n) is 12.4. The molecule has 6 nitrogen and oxygen atoms in total. The third kappa shape index (κ3) is 8.35. The Balaban J connectivity index is 1.09. The van der Waals surface area contributed by atoms with Gasteiger partial charge < -0.3 is 19.0 Å². The van der Waals surface area contributed by atoms with E-state index in [1.54, 1.807) is 0 Å². The fourth-order valence-corrected chi connectivity index (χ4v) is 20.5. The van der Waals surface area contributed by atoms with Crippen LogP contribution in [0.4, 0.5) is 17.1 Å². The number of aliphatic imine (C=N–C) groups is 1. The first-order valence-electron chi connectivity index (χ1n) is 27.4. The van der Waals surface area contributed by atoms with Crippen molar-refractivity contribution in [2.75, 3.05) is 4.90 Å². The van der Waals surface area contributed by atoms with E-state index in [2.05, 4.69) is 235 Å². The molecule has 386 valence electrons. The standard InChI is InChI=1S/C73H54N4O2Si2/c1-52-27-24-46-68-73(52)76(51-74-72-59(53-28-8-2-9-29-53)42-25-43-60(72)54-30-10-3-11-31-54)66-49-67(79-70-47-26-48-71(75-70)81(78,57-36-16-6-17-37-57)58-38-18-7-19-39-58)65(77-63-44-22-20-40-61(63)62-41-21-23-45-64(62)77)50-69(66)80(68,55-32-12-4-13-33-55)56-34-14-5-15-35-56/h2-51,78H,1H3. The summed E-state index contributed by atoms with van der Waals surface area (Å²) in [6.45, 7) is 2.22. The molecule has 1 aliphatic heterocycles. The highest BCUT2D eigenvalue weighted by molar-refractivity contribution is 7.21. The molecule has 3 heterocycles. The summed E-state index contributed by atoms with van der Waals surface area (Å²) in [7, 11) is -6.96. The molecule has 14 rings (SSSR count). The largest absolute Gasteiger partial charge is 0.437 e. The highest BCUT2D eigenvalue weighted by atomic mass is 28.4. The molecule has 81 heavy (non-hydrogen) atoms. The van der Waals surface area contributed by atoms with Gasteiger partial charge in [-0.1, -0.05) is 261 Å².